The highest BCUT2D eigenvalue weighted by molar-refractivity contribution is 9.08. The summed E-state index contributed by atoms with van der Waals surface area (Å²) in [5.41, 5.74) is 0.694. The first-order valence-electron chi connectivity index (χ1n) is 3.87. The molecular weight excluding hydrogens is 254 g/mol. The maximum atomic E-state index is 13.2. The normalized spacial score (nSPS) is 10.8. The molecule has 0 radical (unpaired) electrons. The second-order valence-electron chi connectivity index (χ2n) is 2.71. The Morgan fingerprint density at radius 3 is 2.36 bits per heavy atom. The lowest BCUT2D eigenvalue weighted by molar-refractivity contribution is 0.583. The average Bonchev–Trinajstić information content (AvgIpc) is 2.18. The lowest BCUT2D eigenvalue weighted by Gasteiger charge is -2.03. The molecule has 1 aromatic heterocycles. The van der Waals surface area contributed by atoms with Gasteiger partial charge in [-0.25, -0.2) is 13.8 Å². The predicted octanol–water partition coefficient (Wildman–Crippen LogP) is 2.80. The third-order valence-electron chi connectivity index (χ3n) is 1.89. The van der Waals surface area contributed by atoms with Crippen LogP contribution in [0.5, 0.6) is 0 Å². The van der Waals surface area contributed by atoms with Crippen LogP contribution in [0.2, 0.25) is 0 Å². The van der Waals surface area contributed by atoms with E-state index in [4.69, 9.17) is 0 Å². The van der Waals surface area contributed by atoms with Crippen molar-refractivity contribution in [1.29, 1.82) is 0 Å². The summed E-state index contributed by atoms with van der Waals surface area (Å²) in [6.45, 7) is 0. The molecule has 0 aliphatic rings. The van der Waals surface area contributed by atoms with Gasteiger partial charge >= 0.3 is 0 Å². The third kappa shape index (κ3) is 1.37. The quantitative estimate of drug-likeness (QED) is 0.736. The lowest BCUT2D eigenvalue weighted by atomic mass is 10.2. The number of hydrogen-bond acceptors (Lipinski definition) is 2. The molecule has 0 aliphatic carbocycles. The summed E-state index contributed by atoms with van der Waals surface area (Å²) < 4.78 is 26.4. The summed E-state index contributed by atoms with van der Waals surface area (Å²) in [4.78, 5) is 7.71. The Hall–Kier alpha value is -1.10. The van der Waals surface area contributed by atoms with Gasteiger partial charge in [-0.15, -0.1) is 0 Å². The molecule has 0 amide bonds. The van der Waals surface area contributed by atoms with Crippen LogP contribution in [0.4, 0.5) is 8.78 Å². The monoisotopic (exact) mass is 258 g/mol. The van der Waals surface area contributed by atoms with E-state index in [1.54, 1.807) is 0 Å². The van der Waals surface area contributed by atoms with E-state index in [0.29, 0.717) is 5.56 Å². The van der Waals surface area contributed by atoms with Gasteiger partial charge in [0, 0.05) is 29.4 Å². The summed E-state index contributed by atoms with van der Waals surface area (Å²) in [5.74, 6) is -1.29. The number of hydrogen-bond donors (Lipinski definition) is 0. The minimum Gasteiger partial charge on any atom is -0.252 e. The van der Waals surface area contributed by atoms with Gasteiger partial charge in [0.1, 0.15) is 11.3 Å². The Bertz CT molecular complexity index is 487. The highest BCUT2D eigenvalue weighted by Crippen LogP contribution is 2.22. The average molecular weight is 259 g/mol. The molecule has 72 valence electrons. The third-order valence-corrected chi connectivity index (χ3v) is 2.45. The van der Waals surface area contributed by atoms with Gasteiger partial charge in [0.05, 0.1) is 5.52 Å². The number of aromatic nitrogens is 2. The second-order valence-corrected chi connectivity index (χ2v) is 3.27. The van der Waals surface area contributed by atoms with Crippen LogP contribution in [0.25, 0.3) is 11.0 Å². The Kier molecular flexibility index (Phi) is 2.41. The van der Waals surface area contributed by atoms with Gasteiger partial charge in [-0.3, -0.25) is 4.98 Å². The molecule has 0 bridgehead atoms. The van der Waals surface area contributed by atoms with Crippen molar-refractivity contribution < 1.29 is 8.78 Å². The van der Waals surface area contributed by atoms with Crippen LogP contribution in [-0.4, -0.2) is 9.97 Å². The molecule has 0 unspecified atom stereocenters. The molecule has 0 N–H and O–H groups in total. The van der Waals surface area contributed by atoms with Crippen LogP contribution >= 0.6 is 15.9 Å². The van der Waals surface area contributed by atoms with Gasteiger partial charge in [-0.1, -0.05) is 15.9 Å². The molecule has 2 rings (SSSR count). The van der Waals surface area contributed by atoms with Crippen LogP contribution in [0.15, 0.2) is 18.5 Å². The van der Waals surface area contributed by atoms with E-state index in [0.717, 1.165) is 6.07 Å². The van der Waals surface area contributed by atoms with Gasteiger partial charge in [-0.05, 0) is 0 Å². The molecular formula is C9H5BrF2N2. The zero-order chi connectivity index (χ0) is 10.1. The summed E-state index contributed by atoms with van der Waals surface area (Å²) >= 11 is 3.12. The van der Waals surface area contributed by atoms with Gasteiger partial charge in [0.25, 0.3) is 0 Å². The first-order chi connectivity index (χ1) is 6.74. The largest absolute Gasteiger partial charge is 0.252 e. The number of rotatable bonds is 1. The fraction of sp³-hybridized carbons (Fsp3) is 0.111. The molecule has 0 atom stereocenters. The van der Waals surface area contributed by atoms with Crippen LogP contribution in [0, 0.1) is 11.6 Å². The number of fused-ring (bicyclic) bond motifs is 1. The van der Waals surface area contributed by atoms with Crippen molar-refractivity contribution in [1.82, 2.24) is 9.97 Å². The molecule has 2 nitrogen and oxygen atoms in total. The van der Waals surface area contributed by atoms with Crippen LogP contribution in [0.3, 0.4) is 0 Å². The van der Waals surface area contributed by atoms with E-state index in [9.17, 15) is 8.78 Å². The van der Waals surface area contributed by atoms with Crippen molar-refractivity contribution in [3.63, 3.8) is 0 Å². The van der Waals surface area contributed by atoms with Crippen molar-refractivity contribution >= 4 is 27.0 Å². The van der Waals surface area contributed by atoms with Gasteiger partial charge in [0.2, 0.25) is 0 Å². The number of nitrogens with zero attached hydrogens (tertiary/aromatic N) is 2. The molecule has 1 aromatic carbocycles. The van der Waals surface area contributed by atoms with E-state index < -0.39 is 11.6 Å². The Labute approximate surface area is 87.1 Å². The minimum absolute atomic E-state index is 0.100. The maximum absolute atomic E-state index is 13.2. The molecule has 0 aliphatic heterocycles. The fourth-order valence-corrected chi connectivity index (χ4v) is 1.77. The maximum Gasteiger partial charge on any atom is 0.153 e. The standard InChI is InChI=1S/C9H5BrF2N2/c10-4-5-6(11)3-7(12)9-8(5)13-1-2-14-9/h1-3H,4H2. The summed E-state index contributed by atoms with van der Waals surface area (Å²) in [6.07, 6.45) is 2.79. The van der Waals surface area contributed by atoms with Crippen molar-refractivity contribution in [2.45, 2.75) is 5.33 Å². The van der Waals surface area contributed by atoms with Crippen LogP contribution in [-0.2, 0) is 5.33 Å². The smallest absolute Gasteiger partial charge is 0.153 e. The molecule has 1 heterocycles. The summed E-state index contributed by atoms with van der Waals surface area (Å²) in [5, 5.41) is 0.286. The zero-order valence-electron chi connectivity index (χ0n) is 6.97. The highest BCUT2D eigenvalue weighted by atomic mass is 79.9. The number of alkyl halides is 1. The molecule has 5 heteroatoms. The molecule has 0 saturated heterocycles. The van der Waals surface area contributed by atoms with Crippen LogP contribution in [0.1, 0.15) is 5.56 Å². The van der Waals surface area contributed by atoms with Gasteiger partial charge in [0.15, 0.2) is 5.82 Å². The SMILES string of the molecule is Fc1cc(F)c2nccnc2c1CBr. The topological polar surface area (TPSA) is 25.8 Å². The molecule has 2 aromatic rings. The Morgan fingerprint density at radius 1 is 1.07 bits per heavy atom. The van der Waals surface area contributed by atoms with Crippen molar-refractivity contribution in [3.05, 3.63) is 35.7 Å². The molecule has 14 heavy (non-hydrogen) atoms. The first kappa shape index (κ1) is 9.45. The van der Waals surface area contributed by atoms with Crippen molar-refractivity contribution in [3.8, 4) is 0 Å². The fourth-order valence-electron chi connectivity index (χ4n) is 1.24. The first-order valence-corrected chi connectivity index (χ1v) is 4.99. The van der Waals surface area contributed by atoms with Gasteiger partial charge in [-0.2, -0.15) is 0 Å². The van der Waals surface area contributed by atoms with E-state index in [-0.39, 0.29) is 16.4 Å². The molecule has 0 fully saturated rings. The summed E-state index contributed by atoms with van der Waals surface area (Å²) in [6, 6.07) is 0.827. The Balaban J connectivity index is 2.90. The van der Waals surface area contributed by atoms with Crippen molar-refractivity contribution in [2.75, 3.05) is 0 Å². The summed E-state index contributed by atoms with van der Waals surface area (Å²) in [7, 11) is 0. The molecule has 0 saturated carbocycles. The van der Waals surface area contributed by atoms with E-state index >= 15 is 0 Å². The Morgan fingerprint density at radius 2 is 1.71 bits per heavy atom. The zero-order valence-corrected chi connectivity index (χ0v) is 8.55. The van der Waals surface area contributed by atoms with E-state index in [1.165, 1.54) is 12.4 Å². The minimum atomic E-state index is -0.685. The van der Waals surface area contributed by atoms with Crippen molar-refractivity contribution in [2.24, 2.45) is 0 Å². The second kappa shape index (κ2) is 3.57. The van der Waals surface area contributed by atoms with E-state index in [2.05, 4.69) is 25.9 Å². The van der Waals surface area contributed by atoms with Crippen LogP contribution < -0.4 is 0 Å². The lowest BCUT2D eigenvalue weighted by Crippen LogP contribution is -1.96. The number of halogens is 3. The number of benzene rings is 1. The van der Waals surface area contributed by atoms with E-state index in [1.807, 2.05) is 0 Å². The molecule has 0 spiro atoms. The van der Waals surface area contributed by atoms with Gasteiger partial charge < -0.3 is 0 Å². The predicted molar refractivity (Wildman–Crippen MR) is 52.1 cm³/mol. The highest BCUT2D eigenvalue weighted by Gasteiger charge is 2.12.